The summed E-state index contributed by atoms with van der Waals surface area (Å²) in [6.45, 7) is 6.64. The zero-order valence-electron chi connectivity index (χ0n) is 11.5. The first-order valence-corrected chi connectivity index (χ1v) is 7.28. The Morgan fingerprint density at radius 3 is 2.89 bits per heavy atom. The molecule has 1 amide bonds. The SMILES string of the molecule is CC(C)(C)OC(=O)N1CCC(C=O)c2sccc2C1. The summed E-state index contributed by atoms with van der Waals surface area (Å²) in [4.78, 5) is 26.0. The fraction of sp³-hybridized carbons (Fsp3) is 0.571. The van der Waals surface area contributed by atoms with Crippen molar-refractivity contribution < 1.29 is 14.3 Å². The molecule has 104 valence electrons. The van der Waals surface area contributed by atoms with Gasteiger partial charge in [-0.15, -0.1) is 11.3 Å². The quantitative estimate of drug-likeness (QED) is 0.743. The summed E-state index contributed by atoms with van der Waals surface area (Å²) in [6, 6.07) is 1.99. The highest BCUT2D eigenvalue weighted by molar-refractivity contribution is 7.10. The molecule has 1 aromatic rings. The first-order valence-electron chi connectivity index (χ1n) is 6.40. The molecule has 0 bridgehead atoms. The van der Waals surface area contributed by atoms with Gasteiger partial charge in [0, 0.05) is 11.4 Å². The van der Waals surface area contributed by atoms with Crippen molar-refractivity contribution in [2.45, 2.75) is 45.3 Å². The van der Waals surface area contributed by atoms with Crippen molar-refractivity contribution in [3.05, 3.63) is 21.9 Å². The van der Waals surface area contributed by atoms with Crippen LogP contribution in [0.15, 0.2) is 11.4 Å². The van der Waals surface area contributed by atoms with Crippen LogP contribution >= 0.6 is 11.3 Å². The molecule has 0 radical (unpaired) electrons. The smallest absolute Gasteiger partial charge is 0.410 e. The fourth-order valence-electron chi connectivity index (χ4n) is 2.13. The Labute approximate surface area is 117 Å². The van der Waals surface area contributed by atoms with Crippen molar-refractivity contribution in [3.63, 3.8) is 0 Å². The number of carbonyl (C=O) groups is 2. The second-order valence-electron chi connectivity index (χ2n) is 5.74. The second-order valence-corrected chi connectivity index (χ2v) is 6.69. The normalized spacial score (nSPS) is 19.5. The van der Waals surface area contributed by atoms with E-state index in [0.717, 1.165) is 16.7 Å². The van der Waals surface area contributed by atoms with Gasteiger partial charge < -0.3 is 14.4 Å². The van der Waals surface area contributed by atoms with Gasteiger partial charge in [-0.3, -0.25) is 0 Å². The summed E-state index contributed by atoms with van der Waals surface area (Å²) in [5.41, 5.74) is 0.565. The lowest BCUT2D eigenvalue weighted by Crippen LogP contribution is -2.36. The van der Waals surface area contributed by atoms with Gasteiger partial charge in [-0.25, -0.2) is 4.79 Å². The minimum atomic E-state index is -0.495. The molecule has 0 spiro atoms. The zero-order chi connectivity index (χ0) is 14.0. The number of nitrogens with zero attached hydrogens (tertiary/aromatic N) is 1. The van der Waals surface area contributed by atoms with Crippen LogP contribution in [0.25, 0.3) is 0 Å². The van der Waals surface area contributed by atoms with Crippen molar-refractivity contribution in [2.24, 2.45) is 0 Å². The maximum Gasteiger partial charge on any atom is 0.410 e. The van der Waals surface area contributed by atoms with Crippen LogP contribution in [-0.4, -0.2) is 29.4 Å². The summed E-state index contributed by atoms with van der Waals surface area (Å²) < 4.78 is 5.40. The van der Waals surface area contributed by atoms with Gasteiger partial charge in [-0.2, -0.15) is 0 Å². The lowest BCUT2D eigenvalue weighted by molar-refractivity contribution is -0.109. The lowest BCUT2D eigenvalue weighted by Gasteiger charge is -2.26. The number of amides is 1. The standard InChI is InChI=1S/C14H19NO3S/c1-14(2,3)18-13(17)15-6-4-11(9-16)12-10(8-15)5-7-19-12/h5,7,9,11H,4,6,8H2,1-3H3. The zero-order valence-corrected chi connectivity index (χ0v) is 12.3. The van der Waals surface area contributed by atoms with Gasteiger partial charge in [-0.1, -0.05) is 0 Å². The van der Waals surface area contributed by atoms with E-state index in [-0.39, 0.29) is 12.0 Å². The molecule has 1 aliphatic rings. The average Bonchev–Trinajstić information content (AvgIpc) is 2.67. The van der Waals surface area contributed by atoms with Crippen LogP contribution in [0.3, 0.4) is 0 Å². The molecular weight excluding hydrogens is 262 g/mol. The first kappa shape index (κ1) is 14.1. The van der Waals surface area contributed by atoms with E-state index >= 15 is 0 Å². The van der Waals surface area contributed by atoms with E-state index in [2.05, 4.69) is 0 Å². The van der Waals surface area contributed by atoms with Gasteiger partial charge in [0.1, 0.15) is 11.9 Å². The summed E-state index contributed by atoms with van der Waals surface area (Å²) in [5, 5.41) is 1.97. The van der Waals surface area contributed by atoms with Crippen molar-refractivity contribution in [3.8, 4) is 0 Å². The largest absolute Gasteiger partial charge is 0.444 e. The van der Waals surface area contributed by atoms with E-state index in [1.165, 1.54) is 0 Å². The highest BCUT2D eigenvalue weighted by Crippen LogP contribution is 2.32. The first-order chi connectivity index (χ1) is 8.90. The van der Waals surface area contributed by atoms with Gasteiger partial charge in [0.25, 0.3) is 0 Å². The maximum absolute atomic E-state index is 12.1. The molecule has 1 atom stereocenters. The van der Waals surface area contributed by atoms with Gasteiger partial charge in [-0.05, 0) is 44.2 Å². The van der Waals surface area contributed by atoms with E-state index in [1.807, 2.05) is 32.2 Å². The molecule has 19 heavy (non-hydrogen) atoms. The molecule has 0 aromatic carbocycles. The monoisotopic (exact) mass is 281 g/mol. The molecule has 1 unspecified atom stereocenters. The Kier molecular flexibility index (Phi) is 3.94. The maximum atomic E-state index is 12.1. The number of ether oxygens (including phenoxy) is 1. The van der Waals surface area contributed by atoms with E-state index in [4.69, 9.17) is 4.74 Å². The molecule has 0 saturated carbocycles. The van der Waals surface area contributed by atoms with E-state index in [0.29, 0.717) is 19.5 Å². The van der Waals surface area contributed by atoms with Crippen LogP contribution in [0.1, 0.15) is 43.6 Å². The number of rotatable bonds is 1. The molecule has 4 nitrogen and oxygen atoms in total. The van der Waals surface area contributed by atoms with Crippen LogP contribution in [0.5, 0.6) is 0 Å². The molecule has 1 aromatic heterocycles. The third kappa shape index (κ3) is 3.35. The topological polar surface area (TPSA) is 46.6 Å². The molecule has 5 heteroatoms. The van der Waals surface area contributed by atoms with Gasteiger partial charge in [0.2, 0.25) is 0 Å². The highest BCUT2D eigenvalue weighted by Gasteiger charge is 2.28. The molecule has 2 rings (SSSR count). The average molecular weight is 281 g/mol. The third-order valence-corrected chi connectivity index (χ3v) is 4.10. The van der Waals surface area contributed by atoms with Crippen LogP contribution < -0.4 is 0 Å². The molecule has 1 aliphatic heterocycles. The third-order valence-electron chi connectivity index (χ3n) is 3.00. The Bertz CT molecular complexity index is 475. The minimum absolute atomic E-state index is 0.0950. The van der Waals surface area contributed by atoms with E-state index in [1.54, 1.807) is 16.2 Å². The number of fused-ring (bicyclic) bond motifs is 1. The minimum Gasteiger partial charge on any atom is -0.444 e. The summed E-state index contributed by atoms with van der Waals surface area (Å²) >= 11 is 1.59. The van der Waals surface area contributed by atoms with Crippen molar-refractivity contribution in [2.75, 3.05) is 6.54 Å². The number of thiophene rings is 1. The van der Waals surface area contributed by atoms with Crippen LogP contribution in [0.2, 0.25) is 0 Å². The summed E-state index contributed by atoms with van der Waals surface area (Å²) in [6.07, 6.45) is 1.33. The van der Waals surface area contributed by atoms with Crippen LogP contribution in [-0.2, 0) is 16.1 Å². The Morgan fingerprint density at radius 2 is 2.26 bits per heavy atom. The molecule has 0 aliphatic carbocycles. The fourth-order valence-corrected chi connectivity index (χ4v) is 3.14. The molecule has 2 heterocycles. The van der Waals surface area contributed by atoms with Gasteiger partial charge in [0.15, 0.2) is 0 Å². The number of hydrogen-bond donors (Lipinski definition) is 0. The number of aldehydes is 1. The van der Waals surface area contributed by atoms with Crippen molar-refractivity contribution >= 4 is 23.7 Å². The molecule has 0 fully saturated rings. The second kappa shape index (κ2) is 5.33. The predicted octanol–water partition coefficient (Wildman–Crippen LogP) is 3.17. The van der Waals surface area contributed by atoms with Crippen LogP contribution in [0.4, 0.5) is 4.79 Å². The Hall–Kier alpha value is -1.36. The van der Waals surface area contributed by atoms with Crippen LogP contribution in [0, 0.1) is 0 Å². The van der Waals surface area contributed by atoms with Crippen molar-refractivity contribution in [1.82, 2.24) is 4.90 Å². The number of hydrogen-bond acceptors (Lipinski definition) is 4. The molecule has 0 saturated heterocycles. The Balaban J connectivity index is 2.15. The highest BCUT2D eigenvalue weighted by atomic mass is 32.1. The summed E-state index contributed by atoms with van der Waals surface area (Å²) in [7, 11) is 0. The predicted molar refractivity (Wildman–Crippen MR) is 74.4 cm³/mol. The van der Waals surface area contributed by atoms with Gasteiger partial charge >= 0.3 is 6.09 Å². The lowest BCUT2D eigenvalue weighted by atomic mass is 10.0. The number of carbonyl (C=O) groups excluding carboxylic acids is 2. The van der Waals surface area contributed by atoms with E-state index < -0.39 is 5.60 Å². The van der Waals surface area contributed by atoms with Crippen molar-refractivity contribution in [1.29, 1.82) is 0 Å². The van der Waals surface area contributed by atoms with E-state index in [9.17, 15) is 9.59 Å². The molecule has 0 N–H and O–H groups in total. The molecular formula is C14H19NO3S. The Morgan fingerprint density at radius 1 is 1.53 bits per heavy atom. The summed E-state index contributed by atoms with van der Waals surface area (Å²) in [5.74, 6) is -0.0950. The van der Waals surface area contributed by atoms with Gasteiger partial charge in [0.05, 0.1) is 12.5 Å².